The van der Waals surface area contributed by atoms with E-state index in [1.165, 1.54) is 5.56 Å². The Balaban J connectivity index is 1.88. The summed E-state index contributed by atoms with van der Waals surface area (Å²) in [6, 6.07) is 11.8. The lowest BCUT2D eigenvalue weighted by Gasteiger charge is -2.19. The predicted molar refractivity (Wildman–Crippen MR) is 88.3 cm³/mol. The molecule has 0 aliphatic rings. The number of amides is 1. The molecule has 0 saturated heterocycles. The van der Waals surface area contributed by atoms with Crippen molar-refractivity contribution in [2.45, 2.75) is 13.3 Å². The first-order valence-electron chi connectivity index (χ1n) is 7.33. The van der Waals surface area contributed by atoms with Gasteiger partial charge in [0.25, 0.3) is 0 Å². The van der Waals surface area contributed by atoms with Crippen LogP contribution >= 0.6 is 0 Å². The summed E-state index contributed by atoms with van der Waals surface area (Å²) in [5.41, 5.74) is 3.09. The van der Waals surface area contributed by atoms with Gasteiger partial charge in [0.15, 0.2) is 0 Å². The maximum absolute atomic E-state index is 11.3. The molecule has 0 aliphatic carbocycles. The van der Waals surface area contributed by atoms with Crippen LogP contribution < -0.4 is 10.2 Å². The number of likely N-dealkylation sites (N-methyl/N-ethyl adjacent to an activating group) is 1. The zero-order chi connectivity index (χ0) is 15.8. The van der Waals surface area contributed by atoms with E-state index < -0.39 is 6.09 Å². The lowest BCUT2D eigenvalue weighted by molar-refractivity contribution is 0.168. The van der Waals surface area contributed by atoms with Gasteiger partial charge in [-0.3, -0.25) is 10.3 Å². The number of ether oxygens (including phenoxy) is 1. The van der Waals surface area contributed by atoms with E-state index in [4.69, 9.17) is 4.74 Å². The van der Waals surface area contributed by atoms with Crippen molar-refractivity contribution in [2.75, 3.05) is 30.4 Å². The van der Waals surface area contributed by atoms with E-state index in [1.54, 1.807) is 6.92 Å². The highest BCUT2D eigenvalue weighted by Crippen LogP contribution is 2.17. The molecule has 0 aliphatic heterocycles. The molecule has 2 rings (SSSR count). The normalized spacial score (nSPS) is 10.1. The minimum Gasteiger partial charge on any atom is -0.450 e. The number of pyridine rings is 1. The molecule has 0 radical (unpaired) electrons. The predicted octanol–water partition coefficient (Wildman–Crippen LogP) is 3.33. The van der Waals surface area contributed by atoms with E-state index >= 15 is 0 Å². The standard InChI is InChI=1S/C17H21N3O2/c1-3-22-17(21)19-15-4-6-16(7-5-15)20(2)13-10-14-8-11-18-12-9-14/h4-9,11-12H,3,10,13H2,1-2H3,(H,19,21). The number of carbonyl (C=O) groups is 1. The van der Waals surface area contributed by atoms with Crippen LogP contribution in [-0.4, -0.2) is 31.3 Å². The molecule has 0 bridgehead atoms. The number of hydrogen-bond acceptors (Lipinski definition) is 4. The van der Waals surface area contributed by atoms with E-state index in [0.29, 0.717) is 6.61 Å². The average molecular weight is 299 g/mol. The van der Waals surface area contributed by atoms with Crippen molar-refractivity contribution >= 4 is 17.5 Å². The molecule has 1 N–H and O–H groups in total. The Morgan fingerprint density at radius 3 is 2.50 bits per heavy atom. The molecule has 1 aromatic carbocycles. The lowest BCUT2D eigenvalue weighted by atomic mass is 10.2. The van der Waals surface area contributed by atoms with Crippen LogP contribution in [0, 0.1) is 0 Å². The molecule has 1 aromatic heterocycles. The topological polar surface area (TPSA) is 54.5 Å². The van der Waals surface area contributed by atoms with Crippen molar-refractivity contribution in [3.63, 3.8) is 0 Å². The SMILES string of the molecule is CCOC(=O)Nc1ccc(N(C)CCc2ccncc2)cc1. The van der Waals surface area contributed by atoms with Crippen LogP contribution in [0.3, 0.4) is 0 Å². The third-order valence-corrected chi connectivity index (χ3v) is 3.32. The summed E-state index contributed by atoms with van der Waals surface area (Å²) >= 11 is 0. The van der Waals surface area contributed by atoms with Crippen LogP contribution in [0.1, 0.15) is 12.5 Å². The van der Waals surface area contributed by atoms with Gasteiger partial charge in [-0.15, -0.1) is 0 Å². The Hall–Kier alpha value is -2.56. The molecular weight excluding hydrogens is 278 g/mol. The molecule has 5 nitrogen and oxygen atoms in total. The Labute approximate surface area is 130 Å². The second kappa shape index (κ2) is 8.02. The number of benzene rings is 1. The van der Waals surface area contributed by atoms with Gasteiger partial charge in [-0.25, -0.2) is 4.79 Å². The molecule has 0 atom stereocenters. The molecule has 1 amide bonds. The smallest absolute Gasteiger partial charge is 0.411 e. The molecule has 2 aromatic rings. The summed E-state index contributed by atoms with van der Waals surface area (Å²) in [6.45, 7) is 3.05. The minimum absolute atomic E-state index is 0.363. The average Bonchev–Trinajstić information content (AvgIpc) is 2.54. The van der Waals surface area contributed by atoms with Crippen LogP contribution in [0.5, 0.6) is 0 Å². The molecule has 22 heavy (non-hydrogen) atoms. The second-order valence-corrected chi connectivity index (χ2v) is 4.92. The summed E-state index contributed by atoms with van der Waals surface area (Å²) < 4.78 is 4.85. The number of anilines is 2. The fourth-order valence-corrected chi connectivity index (χ4v) is 2.06. The highest BCUT2D eigenvalue weighted by molar-refractivity contribution is 5.84. The second-order valence-electron chi connectivity index (χ2n) is 4.92. The van der Waals surface area contributed by atoms with E-state index in [9.17, 15) is 4.79 Å². The number of rotatable bonds is 6. The third-order valence-electron chi connectivity index (χ3n) is 3.32. The van der Waals surface area contributed by atoms with Crippen molar-refractivity contribution in [1.82, 2.24) is 4.98 Å². The maximum atomic E-state index is 11.3. The summed E-state index contributed by atoms with van der Waals surface area (Å²) in [5.74, 6) is 0. The van der Waals surface area contributed by atoms with Crippen molar-refractivity contribution in [1.29, 1.82) is 0 Å². The first-order valence-corrected chi connectivity index (χ1v) is 7.33. The molecule has 0 unspecified atom stereocenters. The summed E-state index contributed by atoms with van der Waals surface area (Å²) in [5, 5.41) is 2.68. The summed E-state index contributed by atoms with van der Waals surface area (Å²) in [6.07, 6.45) is 4.15. The first kappa shape index (κ1) is 15.8. The van der Waals surface area contributed by atoms with Gasteiger partial charge in [-0.2, -0.15) is 0 Å². The molecule has 0 spiro atoms. The zero-order valence-corrected chi connectivity index (χ0v) is 13.0. The number of carbonyl (C=O) groups excluding carboxylic acids is 1. The Bertz CT molecular complexity index is 585. The van der Waals surface area contributed by atoms with Gasteiger partial charge in [0.1, 0.15) is 0 Å². The van der Waals surface area contributed by atoms with Crippen LogP contribution in [0.25, 0.3) is 0 Å². The largest absolute Gasteiger partial charge is 0.450 e. The Kier molecular flexibility index (Phi) is 5.77. The fourth-order valence-electron chi connectivity index (χ4n) is 2.06. The van der Waals surface area contributed by atoms with Crippen molar-refractivity contribution in [2.24, 2.45) is 0 Å². The fraction of sp³-hybridized carbons (Fsp3) is 0.294. The van der Waals surface area contributed by atoms with Crippen LogP contribution in [0.4, 0.5) is 16.2 Å². The molecule has 1 heterocycles. The highest BCUT2D eigenvalue weighted by atomic mass is 16.5. The van der Waals surface area contributed by atoms with E-state index in [1.807, 2.05) is 48.8 Å². The van der Waals surface area contributed by atoms with Crippen molar-refractivity contribution < 1.29 is 9.53 Å². The van der Waals surface area contributed by atoms with Crippen LogP contribution in [-0.2, 0) is 11.2 Å². The van der Waals surface area contributed by atoms with Gasteiger partial charge in [0, 0.05) is 37.4 Å². The molecule has 0 saturated carbocycles. The summed E-state index contributed by atoms with van der Waals surface area (Å²) in [4.78, 5) is 17.5. The number of nitrogens with one attached hydrogen (secondary N) is 1. The van der Waals surface area contributed by atoms with E-state index in [0.717, 1.165) is 24.3 Å². The van der Waals surface area contributed by atoms with Crippen molar-refractivity contribution in [3.05, 3.63) is 54.4 Å². The lowest BCUT2D eigenvalue weighted by Crippen LogP contribution is -2.20. The van der Waals surface area contributed by atoms with Gasteiger partial charge in [0.2, 0.25) is 0 Å². The Morgan fingerprint density at radius 1 is 1.18 bits per heavy atom. The zero-order valence-electron chi connectivity index (χ0n) is 13.0. The van der Waals surface area contributed by atoms with E-state index in [-0.39, 0.29) is 0 Å². The van der Waals surface area contributed by atoms with Crippen LogP contribution in [0.15, 0.2) is 48.8 Å². The van der Waals surface area contributed by atoms with Crippen LogP contribution in [0.2, 0.25) is 0 Å². The Morgan fingerprint density at radius 2 is 1.86 bits per heavy atom. The maximum Gasteiger partial charge on any atom is 0.411 e. The third kappa shape index (κ3) is 4.77. The van der Waals surface area contributed by atoms with Gasteiger partial charge < -0.3 is 9.64 Å². The van der Waals surface area contributed by atoms with Gasteiger partial charge in [-0.05, 0) is 55.3 Å². The molecule has 5 heteroatoms. The van der Waals surface area contributed by atoms with Gasteiger partial charge in [-0.1, -0.05) is 0 Å². The number of nitrogens with zero attached hydrogens (tertiary/aromatic N) is 2. The number of hydrogen-bond donors (Lipinski definition) is 1. The molecule has 0 fully saturated rings. The first-order chi connectivity index (χ1) is 10.7. The summed E-state index contributed by atoms with van der Waals surface area (Å²) in [7, 11) is 2.05. The molecular formula is C17H21N3O2. The molecule has 116 valence electrons. The van der Waals surface area contributed by atoms with E-state index in [2.05, 4.69) is 22.2 Å². The van der Waals surface area contributed by atoms with Crippen molar-refractivity contribution in [3.8, 4) is 0 Å². The quantitative estimate of drug-likeness (QED) is 0.889. The van der Waals surface area contributed by atoms with Gasteiger partial charge in [0.05, 0.1) is 6.61 Å². The van der Waals surface area contributed by atoms with Gasteiger partial charge >= 0.3 is 6.09 Å². The minimum atomic E-state index is -0.429. The monoisotopic (exact) mass is 299 g/mol. The highest BCUT2D eigenvalue weighted by Gasteiger charge is 2.04. The number of aromatic nitrogens is 1.